The molecule has 0 saturated carbocycles. The molecule has 6 heteroatoms. The first-order chi connectivity index (χ1) is 35.0. The summed E-state index contributed by atoms with van der Waals surface area (Å²) in [6.07, 6.45) is 75.1. The smallest absolute Gasteiger partial charge is 0.306 e. The van der Waals surface area contributed by atoms with Crippen LogP contribution in [0, 0.1) is 0 Å². The van der Waals surface area contributed by atoms with Crippen molar-refractivity contribution in [3.63, 3.8) is 0 Å². The van der Waals surface area contributed by atoms with Crippen LogP contribution in [-0.4, -0.2) is 37.2 Å². The van der Waals surface area contributed by atoms with Crippen molar-refractivity contribution in [1.82, 2.24) is 0 Å². The molecule has 0 aromatic carbocycles. The molecule has 0 aromatic rings. The summed E-state index contributed by atoms with van der Waals surface area (Å²) in [6, 6.07) is 0. The van der Waals surface area contributed by atoms with E-state index in [1.165, 1.54) is 193 Å². The maximum absolute atomic E-state index is 12.9. The summed E-state index contributed by atoms with van der Waals surface area (Å²) in [4.78, 5) is 38.2. The lowest BCUT2D eigenvalue weighted by atomic mass is 10.0. The lowest BCUT2D eigenvalue weighted by Crippen LogP contribution is -2.30. The zero-order chi connectivity index (χ0) is 51.4. The van der Waals surface area contributed by atoms with Crippen molar-refractivity contribution < 1.29 is 28.6 Å². The first-order valence-electron chi connectivity index (χ1n) is 30.8. The Balaban J connectivity index is 4.44. The van der Waals surface area contributed by atoms with Gasteiger partial charge in [0.15, 0.2) is 6.10 Å². The van der Waals surface area contributed by atoms with Gasteiger partial charge in [0.25, 0.3) is 0 Å². The summed E-state index contributed by atoms with van der Waals surface area (Å²) in [5.41, 5.74) is 0. The fourth-order valence-corrected chi connectivity index (χ4v) is 8.86. The SMILES string of the molecule is CCCCCCCC/C=C\C/C=C\C/C=C\CCCC(=O)OCC(COC(=O)CCCCCCC/C=C\C=C/CCCCCCCCC)OC(=O)CCCCCCCCCCCCCCCCCCCC. The van der Waals surface area contributed by atoms with Crippen LogP contribution < -0.4 is 0 Å². The van der Waals surface area contributed by atoms with Gasteiger partial charge in [-0.2, -0.15) is 0 Å². The molecule has 0 heterocycles. The summed E-state index contributed by atoms with van der Waals surface area (Å²) in [5.74, 6) is -0.947. The average molecular weight is 994 g/mol. The lowest BCUT2D eigenvalue weighted by molar-refractivity contribution is -0.167. The van der Waals surface area contributed by atoms with Crippen LogP contribution in [0.3, 0.4) is 0 Å². The van der Waals surface area contributed by atoms with Crippen LogP contribution in [-0.2, 0) is 28.6 Å². The third-order valence-corrected chi connectivity index (χ3v) is 13.5. The van der Waals surface area contributed by atoms with Crippen molar-refractivity contribution in [3.8, 4) is 0 Å². The number of ether oxygens (including phenoxy) is 3. The highest BCUT2D eigenvalue weighted by molar-refractivity contribution is 5.71. The van der Waals surface area contributed by atoms with Gasteiger partial charge in [0.2, 0.25) is 0 Å². The van der Waals surface area contributed by atoms with E-state index in [4.69, 9.17) is 14.2 Å². The molecule has 71 heavy (non-hydrogen) atoms. The van der Waals surface area contributed by atoms with E-state index in [9.17, 15) is 14.4 Å². The van der Waals surface area contributed by atoms with Crippen LogP contribution in [0.1, 0.15) is 316 Å². The molecule has 0 radical (unpaired) electrons. The highest BCUT2D eigenvalue weighted by Gasteiger charge is 2.19. The Hall–Kier alpha value is -2.89. The summed E-state index contributed by atoms with van der Waals surface area (Å²) in [5, 5.41) is 0. The van der Waals surface area contributed by atoms with E-state index in [2.05, 4.69) is 81.5 Å². The Kier molecular flexibility index (Phi) is 57.2. The van der Waals surface area contributed by atoms with Crippen LogP contribution in [0.5, 0.6) is 0 Å². The number of rotatable bonds is 56. The Morgan fingerprint density at radius 1 is 0.296 bits per heavy atom. The maximum atomic E-state index is 12.9. The number of unbranched alkanes of at least 4 members (excludes halogenated alkanes) is 36. The summed E-state index contributed by atoms with van der Waals surface area (Å²) >= 11 is 0. The zero-order valence-electron chi connectivity index (χ0n) is 47.2. The fourth-order valence-electron chi connectivity index (χ4n) is 8.86. The Morgan fingerprint density at radius 2 is 0.563 bits per heavy atom. The van der Waals surface area contributed by atoms with E-state index in [1.54, 1.807) is 0 Å². The third kappa shape index (κ3) is 57.9. The van der Waals surface area contributed by atoms with Crippen molar-refractivity contribution in [1.29, 1.82) is 0 Å². The molecule has 0 aromatic heterocycles. The molecule has 0 N–H and O–H groups in total. The molecule has 0 rings (SSSR count). The highest BCUT2D eigenvalue weighted by Crippen LogP contribution is 2.16. The van der Waals surface area contributed by atoms with Gasteiger partial charge in [-0.3, -0.25) is 14.4 Å². The van der Waals surface area contributed by atoms with Gasteiger partial charge in [-0.25, -0.2) is 0 Å². The molecular formula is C65H116O6. The first-order valence-corrected chi connectivity index (χ1v) is 30.8. The van der Waals surface area contributed by atoms with Crippen LogP contribution in [0.4, 0.5) is 0 Å². The van der Waals surface area contributed by atoms with Crippen LogP contribution >= 0.6 is 0 Å². The Morgan fingerprint density at radius 3 is 0.930 bits per heavy atom. The topological polar surface area (TPSA) is 78.9 Å². The third-order valence-electron chi connectivity index (χ3n) is 13.5. The minimum Gasteiger partial charge on any atom is -0.462 e. The summed E-state index contributed by atoms with van der Waals surface area (Å²) in [7, 11) is 0. The second-order valence-corrected chi connectivity index (χ2v) is 20.6. The van der Waals surface area contributed by atoms with Crippen LogP contribution in [0.25, 0.3) is 0 Å². The van der Waals surface area contributed by atoms with Crippen molar-refractivity contribution in [2.45, 2.75) is 322 Å². The normalized spacial score (nSPS) is 12.4. The number of carbonyl (C=O) groups is 3. The Bertz CT molecular complexity index is 1280. The molecule has 412 valence electrons. The van der Waals surface area contributed by atoms with Gasteiger partial charge in [0.1, 0.15) is 13.2 Å². The molecule has 6 nitrogen and oxygen atoms in total. The van der Waals surface area contributed by atoms with E-state index >= 15 is 0 Å². The molecular weight excluding hydrogens is 877 g/mol. The van der Waals surface area contributed by atoms with Crippen LogP contribution in [0.15, 0.2) is 60.8 Å². The second kappa shape index (κ2) is 59.7. The van der Waals surface area contributed by atoms with E-state index < -0.39 is 6.10 Å². The summed E-state index contributed by atoms with van der Waals surface area (Å²) in [6.45, 7) is 6.61. The molecule has 0 fully saturated rings. The molecule has 1 unspecified atom stereocenters. The molecule has 0 spiro atoms. The largest absolute Gasteiger partial charge is 0.462 e. The van der Waals surface area contributed by atoms with E-state index in [0.717, 1.165) is 77.0 Å². The number of esters is 3. The number of hydrogen-bond acceptors (Lipinski definition) is 6. The quantitative estimate of drug-likeness (QED) is 0.0199. The predicted molar refractivity (Wildman–Crippen MR) is 307 cm³/mol. The van der Waals surface area contributed by atoms with Crippen molar-refractivity contribution in [3.05, 3.63) is 60.8 Å². The van der Waals surface area contributed by atoms with Crippen molar-refractivity contribution in [2.24, 2.45) is 0 Å². The van der Waals surface area contributed by atoms with Gasteiger partial charge in [0, 0.05) is 19.3 Å². The van der Waals surface area contributed by atoms with Gasteiger partial charge in [-0.15, -0.1) is 0 Å². The van der Waals surface area contributed by atoms with Gasteiger partial charge in [-0.05, 0) is 77.0 Å². The second-order valence-electron chi connectivity index (χ2n) is 20.6. The van der Waals surface area contributed by atoms with Gasteiger partial charge in [0.05, 0.1) is 0 Å². The van der Waals surface area contributed by atoms with E-state index in [0.29, 0.717) is 19.3 Å². The minimum absolute atomic E-state index is 0.0953. The van der Waals surface area contributed by atoms with Crippen molar-refractivity contribution >= 4 is 17.9 Å². The molecule has 0 aliphatic carbocycles. The molecule has 1 atom stereocenters. The average Bonchev–Trinajstić information content (AvgIpc) is 3.37. The minimum atomic E-state index is -0.800. The highest BCUT2D eigenvalue weighted by atomic mass is 16.6. The number of allylic oxidation sites excluding steroid dienone is 10. The fraction of sp³-hybridized carbons (Fsp3) is 0.800. The molecule has 0 saturated heterocycles. The van der Waals surface area contributed by atoms with E-state index in [-0.39, 0.29) is 37.5 Å². The predicted octanol–water partition coefficient (Wildman–Crippen LogP) is 20.8. The molecule has 0 aliphatic rings. The van der Waals surface area contributed by atoms with Gasteiger partial charge >= 0.3 is 17.9 Å². The zero-order valence-corrected chi connectivity index (χ0v) is 47.2. The monoisotopic (exact) mass is 993 g/mol. The van der Waals surface area contributed by atoms with E-state index in [1.807, 2.05) is 0 Å². The number of carbonyl (C=O) groups excluding carboxylic acids is 3. The first kappa shape index (κ1) is 68.1. The molecule has 0 amide bonds. The number of hydrogen-bond donors (Lipinski definition) is 0. The lowest BCUT2D eigenvalue weighted by Gasteiger charge is -2.18. The standard InChI is InChI=1S/C65H116O6/c1-4-7-10-13-16-19-22-25-28-31-34-37-40-43-46-49-52-55-58-64(67)70-61-62(60-69-63(66)57-54-51-48-45-42-39-36-33-30-27-24-21-18-15-12-9-6-3)71-65(68)59-56-53-50-47-44-41-38-35-32-29-26-23-20-17-14-11-8-5-2/h27-28,30-31,34,36-37,39,45,48,62H,4-26,29,32-33,35,38,40-44,46-47,49-61H2,1-3H3/b30-27-,31-28-,37-34-,39-36-,48-45-. The van der Waals surface area contributed by atoms with Crippen molar-refractivity contribution in [2.75, 3.05) is 13.2 Å². The molecule has 0 aliphatic heterocycles. The summed E-state index contributed by atoms with van der Waals surface area (Å²) < 4.78 is 16.9. The Labute approximate surface area is 440 Å². The van der Waals surface area contributed by atoms with Gasteiger partial charge in [-0.1, -0.05) is 281 Å². The van der Waals surface area contributed by atoms with Gasteiger partial charge < -0.3 is 14.2 Å². The molecule has 0 bridgehead atoms. The van der Waals surface area contributed by atoms with Crippen LogP contribution in [0.2, 0.25) is 0 Å². The maximum Gasteiger partial charge on any atom is 0.306 e.